The first-order chi connectivity index (χ1) is 12.6. The third-order valence-corrected chi connectivity index (χ3v) is 4.94. The largest absolute Gasteiger partial charge is 0.497 e. The number of aromatic nitrogens is 2. The lowest BCUT2D eigenvalue weighted by molar-refractivity contribution is -0.130. The summed E-state index contributed by atoms with van der Waals surface area (Å²) < 4.78 is 5.16. The van der Waals surface area contributed by atoms with Crippen LogP contribution in [0.2, 0.25) is 0 Å². The van der Waals surface area contributed by atoms with Crippen molar-refractivity contribution in [2.45, 2.75) is 32.1 Å². The van der Waals surface area contributed by atoms with Crippen LogP contribution < -0.4 is 10.5 Å². The number of amides is 1. The number of carbonyl (C=O) groups is 1. The molecule has 0 radical (unpaired) electrons. The summed E-state index contributed by atoms with van der Waals surface area (Å²) in [7, 11) is 1.64. The highest BCUT2D eigenvalue weighted by molar-refractivity contribution is 5.78. The molecule has 1 atom stereocenters. The number of nitrogens with zero attached hydrogens (tertiary/aromatic N) is 3. The number of rotatable bonds is 5. The number of nitrogen functional groups attached to an aromatic ring is 1. The second-order valence-corrected chi connectivity index (χ2v) is 6.84. The third-order valence-electron chi connectivity index (χ3n) is 4.94. The molecule has 0 aliphatic carbocycles. The van der Waals surface area contributed by atoms with Gasteiger partial charge in [-0.05, 0) is 49.3 Å². The maximum Gasteiger partial charge on any atom is 0.226 e. The highest BCUT2D eigenvalue weighted by Crippen LogP contribution is 2.22. The number of hydrogen-bond donors (Lipinski definition) is 1. The van der Waals surface area contributed by atoms with E-state index < -0.39 is 0 Å². The quantitative estimate of drug-likeness (QED) is 0.892. The van der Waals surface area contributed by atoms with Crippen LogP contribution in [0.1, 0.15) is 30.5 Å². The van der Waals surface area contributed by atoms with Crippen LogP contribution in [0.3, 0.4) is 0 Å². The Morgan fingerprint density at radius 1 is 1.19 bits per heavy atom. The molecule has 1 aromatic heterocycles. The average Bonchev–Trinajstić information content (AvgIpc) is 2.90. The van der Waals surface area contributed by atoms with Gasteiger partial charge in [-0.1, -0.05) is 12.1 Å². The Kier molecular flexibility index (Phi) is 6.04. The zero-order chi connectivity index (χ0) is 18.4. The summed E-state index contributed by atoms with van der Waals surface area (Å²) in [5, 5.41) is 0. The van der Waals surface area contributed by atoms with Gasteiger partial charge in [-0.2, -0.15) is 0 Å². The van der Waals surface area contributed by atoms with Crippen LogP contribution in [0.15, 0.2) is 36.7 Å². The monoisotopic (exact) mass is 354 g/mol. The molecule has 2 N–H and O–H groups in total. The summed E-state index contributed by atoms with van der Waals surface area (Å²) in [4.78, 5) is 23.1. The summed E-state index contributed by atoms with van der Waals surface area (Å²) in [6.45, 7) is 1.64. The molecule has 0 bridgehead atoms. The minimum atomic E-state index is 0.197. The van der Waals surface area contributed by atoms with E-state index in [1.165, 1.54) is 0 Å². The maximum atomic E-state index is 12.6. The van der Waals surface area contributed by atoms with E-state index in [-0.39, 0.29) is 5.91 Å². The SMILES string of the molecule is COc1ccc(CC(=O)N2CCCC(Cc3cnc(N)cn3)CC2)cc1. The Hall–Kier alpha value is -2.63. The van der Waals surface area contributed by atoms with Crippen molar-refractivity contribution in [2.75, 3.05) is 25.9 Å². The van der Waals surface area contributed by atoms with Gasteiger partial charge in [0.15, 0.2) is 0 Å². The molecule has 0 saturated carbocycles. The summed E-state index contributed by atoms with van der Waals surface area (Å²) in [6.07, 6.45) is 7.84. The first-order valence-corrected chi connectivity index (χ1v) is 9.11. The Bertz CT molecular complexity index is 716. The zero-order valence-corrected chi connectivity index (χ0v) is 15.2. The molecule has 1 aliphatic heterocycles. The molecule has 1 fully saturated rings. The molecule has 1 saturated heterocycles. The summed E-state index contributed by atoms with van der Waals surface area (Å²) in [5.74, 6) is 1.99. The molecule has 6 heteroatoms. The van der Waals surface area contributed by atoms with Crippen molar-refractivity contribution in [3.63, 3.8) is 0 Å². The summed E-state index contributed by atoms with van der Waals surface area (Å²) in [6, 6.07) is 7.71. The molecule has 1 aromatic carbocycles. The molecule has 26 heavy (non-hydrogen) atoms. The van der Waals surface area contributed by atoms with E-state index in [1.54, 1.807) is 19.5 Å². The molecule has 2 heterocycles. The van der Waals surface area contributed by atoms with Gasteiger partial charge in [0.05, 0.1) is 31.6 Å². The molecule has 1 aliphatic rings. The van der Waals surface area contributed by atoms with Gasteiger partial charge in [-0.3, -0.25) is 9.78 Å². The Balaban J connectivity index is 1.52. The minimum absolute atomic E-state index is 0.197. The molecule has 0 spiro atoms. The predicted molar refractivity (Wildman–Crippen MR) is 101 cm³/mol. The molecule has 3 rings (SSSR count). The van der Waals surface area contributed by atoms with Crippen molar-refractivity contribution in [1.29, 1.82) is 0 Å². The van der Waals surface area contributed by atoms with Crippen molar-refractivity contribution in [3.05, 3.63) is 47.9 Å². The van der Waals surface area contributed by atoms with E-state index >= 15 is 0 Å². The highest BCUT2D eigenvalue weighted by Gasteiger charge is 2.21. The average molecular weight is 354 g/mol. The first-order valence-electron chi connectivity index (χ1n) is 9.11. The van der Waals surface area contributed by atoms with Crippen LogP contribution in [0.4, 0.5) is 5.82 Å². The number of carbonyl (C=O) groups excluding carboxylic acids is 1. The molecule has 1 unspecified atom stereocenters. The fourth-order valence-corrected chi connectivity index (χ4v) is 3.41. The molecule has 138 valence electrons. The van der Waals surface area contributed by atoms with Crippen molar-refractivity contribution < 1.29 is 9.53 Å². The number of benzene rings is 1. The van der Waals surface area contributed by atoms with Crippen LogP contribution in [0.5, 0.6) is 5.75 Å². The first kappa shape index (κ1) is 18.2. The number of anilines is 1. The lowest BCUT2D eigenvalue weighted by Crippen LogP contribution is -2.33. The van der Waals surface area contributed by atoms with Gasteiger partial charge >= 0.3 is 0 Å². The third kappa shape index (κ3) is 4.94. The van der Waals surface area contributed by atoms with Gasteiger partial charge < -0.3 is 15.4 Å². The number of likely N-dealkylation sites (tertiary alicyclic amines) is 1. The maximum absolute atomic E-state index is 12.6. The highest BCUT2D eigenvalue weighted by atomic mass is 16.5. The van der Waals surface area contributed by atoms with E-state index in [1.807, 2.05) is 29.2 Å². The molecule has 6 nitrogen and oxygen atoms in total. The zero-order valence-electron chi connectivity index (χ0n) is 15.2. The molecular weight excluding hydrogens is 328 g/mol. The van der Waals surface area contributed by atoms with Crippen LogP contribution in [0, 0.1) is 5.92 Å². The summed E-state index contributed by atoms with van der Waals surface area (Å²) in [5.41, 5.74) is 7.59. The second-order valence-electron chi connectivity index (χ2n) is 6.84. The second kappa shape index (κ2) is 8.65. The van der Waals surface area contributed by atoms with Crippen LogP contribution in [-0.4, -0.2) is 41.0 Å². The molecular formula is C20H26N4O2. The lowest BCUT2D eigenvalue weighted by Gasteiger charge is -2.21. The van der Waals surface area contributed by atoms with Gasteiger partial charge in [-0.25, -0.2) is 4.98 Å². The Morgan fingerprint density at radius 3 is 2.69 bits per heavy atom. The van der Waals surface area contributed by atoms with Crippen molar-refractivity contribution in [2.24, 2.45) is 5.92 Å². The standard InChI is InChI=1S/C20H26N4O2/c1-26-18-6-4-16(5-7-18)12-20(25)24-9-2-3-15(8-10-24)11-17-13-23-19(21)14-22-17/h4-7,13-15H,2-3,8-12H2,1H3,(H2,21,23). The normalized spacial score (nSPS) is 17.6. The van der Waals surface area contributed by atoms with Gasteiger partial charge in [0.2, 0.25) is 5.91 Å². The van der Waals surface area contributed by atoms with Crippen molar-refractivity contribution >= 4 is 11.7 Å². The van der Waals surface area contributed by atoms with E-state index in [0.717, 1.165) is 55.8 Å². The fraction of sp³-hybridized carbons (Fsp3) is 0.450. The Labute approximate surface area is 154 Å². The smallest absolute Gasteiger partial charge is 0.226 e. The van der Waals surface area contributed by atoms with E-state index in [0.29, 0.717) is 18.2 Å². The minimum Gasteiger partial charge on any atom is -0.497 e. The molecule has 1 amide bonds. The van der Waals surface area contributed by atoms with Gasteiger partial charge in [0.25, 0.3) is 0 Å². The van der Waals surface area contributed by atoms with E-state index in [2.05, 4.69) is 9.97 Å². The van der Waals surface area contributed by atoms with E-state index in [4.69, 9.17) is 10.5 Å². The Morgan fingerprint density at radius 2 is 2.00 bits per heavy atom. The van der Waals surface area contributed by atoms with Crippen LogP contribution in [0.25, 0.3) is 0 Å². The summed E-state index contributed by atoms with van der Waals surface area (Å²) >= 11 is 0. The number of nitrogens with two attached hydrogens (primary N) is 1. The van der Waals surface area contributed by atoms with Gasteiger partial charge in [0.1, 0.15) is 11.6 Å². The number of hydrogen-bond acceptors (Lipinski definition) is 5. The topological polar surface area (TPSA) is 81.3 Å². The molecule has 2 aromatic rings. The van der Waals surface area contributed by atoms with Crippen LogP contribution in [-0.2, 0) is 17.6 Å². The van der Waals surface area contributed by atoms with Crippen LogP contribution >= 0.6 is 0 Å². The number of methoxy groups -OCH3 is 1. The van der Waals surface area contributed by atoms with Gasteiger partial charge in [-0.15, -0.1) is 0 Å². The fourth-order valence-electron chi connectivity index (χ4n) is 3.41. The lowest BCUT2D eigenvalue weighted by atomic mass is 9.95. The van der Waals surface area contributed by atoms with Crippen molar-refractivity contribution in [3.8, 4) is 5.75 Å². The van der Waals surface area contributed by atoms with Gasteiger partial charge in [0, 0.05) is 13.1 Å². The predicted octanol–water partition coefficient (Wildman–Crippen LogP) is 2.48. The van der Waals surface area contributed by atoms with Crippen molar-refractivity contribution in [1.82, 2.24) is 14.9 Å². The number of ether oxygens (including phenoxy) is 1. The van der Waals surface area contributed by atoms with E-state index in [9.17, 15) is 4.79 Å².